The Labute approximate surface area is 124 Å². The molecule has 2 rings (SSSR count). The number of aliphatic hydroxyl groups is 1. The number of nitrogens with zero attached hydrogens (tertiary/aromatic N) is 1. The van der Waals surface area contributed by atoms with Gasteiger partial charge in [0.1, 0.15) is 6.04 Å². The minimum atomic E-state index is 0.296. The minimum Gasteiger partial charge on any atom is -0.396 e. The van der Waals surface area contributed by atoms with Crippen molar-refractivity contribution in [1.29, 1.82) is 0 Å². The topological polar surface area (TPSA) is 60.8 Å². The Bertz CT molecular complexity index is 522. The molecule has 4 N–H and O–H groups in total. The summed E-state index contributed by atoms with van der Waals surface area (Å²) in [5.41, 5.74) is 9.76. The van der Waals surface area contributed by atoms with E-state index in [1.165, 1.54) is 16.0 Å². The first kappa shape index (κ1) is 15.2. The third-order valence-corrected chi connectivity index (χ3v) is 4.58. The lowest BCUT2D eigenvalue weighted by atomic mass is 9.99. The second-order valence-corrected chi connectivity index (χ2v) is 6.01. The van der Waals surface area contributed by atoms with Gasteiger partial charge in [0.25, 0.3) is 0 Å². The smallest absolute Gasteiger partial charge is 0.110 e. The summed E-state index contributed by atoms with van der Waals surface area (Å²) < 4.78 is 0. The highest BCUT2D eigenvalue weighted by atomic mass is 32.1. The fourth-order valence-electron chi connectivity index (χ4n) is 2.33. The first-order chi connectivity index (χ1) is 9.72. The first-order valence-electron chi connectivity index (χ1n) is 7.16. The molecule has 0 aliphatic carbocycles. The number of hydrogen-bond acceptors (Lipinski definition) is 3. The summed E-state index contributed by atoms with van der Waals surface area (Å²) in [6.45, 7) is 2.34. The van der Waals surface area contributed by atoms with Gasteiger partial charge in [0, 0.05) is 18.6 Å². The molecule has 0 spiro atoms. The van der Waals surface area contributed by atoms with Crippen LogP contribution in [0.5, 0.6) is 0 Å². The average molecular weight is 291 g/mol. The standard InChI is InChI=1S/C16H22N2OS/c1-12-16(20-11-18-12)14-8-6-13(7-9-14)15(17)5-3-2-4-10-19/h6-9,11,15,19H,2-5,10,17H2,1H3/p+1/t15-/m0/s1. The van der Waals surface area contributed by atoms with E-state index in [0.717, 1.165) is 31.4 Å². The van der Waals surface area contributed by atoms with E-state index in [2.05, 4.69) is 35.0 Å². The maximum atomic E-state index is 8.77. The van der Waals surface area contributed by atoms with Gasteiger partial charge >= 0.3 is 0 Å². The van der Waals surface area contributed by atoms with Crippen LogP contribution in [-0.2, 0) is 0 Å². The third-order valence-electron chi connectivity index (χ3n) is 3.60. The second-order valence-electron chi connectivity index (χ2n) is 5.16. The molecule has 1 aromatic carbocycles. The lowest BCUT2D eigenvalue weighted by Gasteiger charge is -2.09. The SMILES string of the molecule is Cc1ncsc1-c1ccc([C@@H]([NH3+])CCCCCO)cc1. The van der Waals surface area contributed by atoms with E-state index < -0.39 is 0 Å². The summed E-state index contributed by atoms with van der Waals surface area (Å²) in [6, 6.07) is 9.03. The van der Waals surface area contributed by atoms with Crippen LogP contribution in [0.2, 0.25) is 0 Å². The molecule has 0 fully saturated rings. The fraction of sp³-hybridized carbons (Fsp3) is 0.438. The molecule has 4 heteroatoms. The quantitative estimate of drug-likeness (QED) is 0.770. The van der Waals surface area contributed by atoms with Crippen LogP contribution in [0.15, 0.2) is 29.8 Å². The molecule has 0 unspecified atom stereocenters. The third kappa shape index (κ3) is 3.88. The Kier molecular flexibility index (Phi) is 5.71. The highest BCUT2D eigenvalue weighted by molar-refractivity contribution is 7.13. The molecule has 0 radical (unpaired) electrons. The Morgan fingerprint density at radius 3 is 2.55 bits per heavy atom. The van der Waals surface area contributed by atoms with Crippen molar-refractivity contribution in [2.45, 2.75) is 38.6 Å². The summed E-state index contributed by atoms with van der Waals surface area (Å²) >= 11 is 1.69. The van der Waals surface area contributed by atoms with E-state index in [1.54, 1.807) is 11.3 Å². The van der Waals surface area contributed by atoms with Gasteiger partial charge < -0.3 is 10.8 Å². The Hall–Kier alpha value is -1.23. The number of hydrogen-bond donors (Lipinski definition) is 2. The number of thiazole rings is 1. The van der Waals surface area contributed by atoms with Gasteiger partial charge in [0.2, 0.25) is 0 Å². The second kappa shape index (κ2) is 7.53. The molecule has 0 amide bonds. The summed E-state index contributed by atoms with van der Waals surface area (Å²) in [5, 5.41) is 8.77. The largest absolute Gasteiger partial charge is 0.396 e. The molecule has 1 atom stereocenters. The molecule has 2 aromatic rings. The maximum Gasteiger partial charge on any atom is 0.110 e. The molecule has 0 bridgehead atoms. The van der Waals surface area contributed by atoms with Crippen molar-refractivity contribution in [2.75, 3.05) is 6.61 Å². The van der Waals surface area contributed by atoms with Crippen molar-refractivity contribution < 1.29 is 10.8 Å². The van der Waals surface area contributed by atoms with Crippen molar-refractivity contribution in [3.05, 3.63) is 41.0 Å². The van der Waals surface area contributed by atoms with Gasteiger partial charge in [-0.3, -0.25) is 0 Å². The molecular formula is C16H23N2OS+. The lowest BCUT2D eigenvalue weighted by molar-refractivity contribution is -0.428. The van der Waals surface area contributed by atoms with Crippen LogP contribution in [-0.4, -0.2) is 16.7 Å². The van der Waals surface area contributed by atoms with Crippen LogP contribution in [0.1, 0.15) is 43.0 Å². The van der Waals surface area contributed by atoms with Crippen LogP contribution < -0.4 is 5.73 Å². The Morgan fingerprint density at radius 1 is 1.20 bits per heavy atom. The van der Waals surface area contributed by atoms with Gasteiger partial charge in [-0.15, -0.1) is 11.3 Å². The molecule has 0 saturated carbocycles. The molecule has 0 aliphatic rings. The van der Waals surface area contributed by atoms with E-state index >= 15 is 0 Å². The van der Waals surface area contributed by atoms with Crippen molar-refractivity contribution in [3.63, 3.8) is 0 Å². The summed E-state index contributed by atoms with van der Waals surface area (Å²) in [4.78, 5) is 5.54. The highest BCUT2D eigenvalue weighted by Crippen LogP contribution is 2.28. The first-order valence-corrected chi connectivity index (χ1v) is 8.04. The predicted octanol–water partition coefficient (Wildman–Crippen LogP) is 2.95. The number of aliphatic hydroxyl groups excluding tert-OH is 1. The van der Waals surface area contributed by atoms with Crippen LogP contribution in [0.25, 0.3) is 10.4 Å². The number of quaternary nitrogens is 1. The lowest BCUT2D eigenvalue weighted by Crippen LogP contribution is -2.53. The molecule has 20 heavy (non-hydrogen) atoms. The number of aromatic nitrogens is 1. The zero-order chi connectivity index (χ0) is 14.4. The van der Waals surface area contributed by atoms with E-state index in [9.17, 15) is 0 Å². The molecule has 1 aromatic heterocycles. The van der Waals surface area contributed by atoms with Crippen molar-refractivity contribution >= 4 is 11.3 Å². The zero-order valence-corrected chi connectivity index (χ0v) is 12.8. The van der Waals surface area contributed by atoms with E-state index in [1.807, 2.05) is 12.4 Å². The normalized spacial score (nSPS) is 12.6. The monoisotopic (exact) mass is 291 g/mol. The molecule has 1 heterocycles. The van der Waals surface area contributed by atoms with Crippen LogP contribution in [0, 0.1) is 6.92 Å². The number of aryl methyl sites for hydroxylation is 1. The Morgan fingerprint density at radius 2 is 1.95 bits per heavy atom. The molecule has 0 saturated heterocycles. The number of rotatable bonds is 7. The molecule has 0 aliphatic heterocycles. The van der Waals surface area contributed by atoms with Gasteiger partial charge in [0.15, 0.2) is 0 Å². The summed E-state index contributed by atoms with van der Waals surface area (Å²) in [5.74, 6) is 0. The van der Waals surface area contributed by atoms with Gasteiger partial charge in [0.05, 0.1) is 16.1 Å². The number of benzene rings is 1. The maximum absolute atomic E-state index is 8.77. The van der Waals surface area contributed by atoms with Crippen LogP contribution in [0.3, 0.4) is 0 Å². The highest BCUT2D eigenvalue weighted by Gasteiger charge is 2.10. The molecule has 3 nitrogen and oxygen atoms in total. The van der Waals surface area contributed by atoms with Gasteiger partial charge in [-0.1, -0.05) is 30.7 Å². The summed E-state index contributed by atoms with van der Waals surface area (Å²) in [6.07, 6.45) is 4.19. The fourth-order valence-corrected chi connectivity index (χ4v) is 3.14. The van der Waals surface area contributed by atoms with Crippen LogP contribution >= 0.6 is 11.3 Å². The Balaban J connectivity index is 1.96. The average Bonchev–Trinajstić information content (AvgIpc) is 2.90. The van der Waals surface area contributed by atoms with Gasteiger partial charge in [-0.2, -0.15) is 0 Å². The summed E-state index contributed by atoms with van der Waals surface area (Å²) in [7, 11) is 0. The molecular weight excluding hydrogens is 268 g/mol. The predicted molar refractivity (Wildman–Crippen MR) is 83.5 cm³/mol. The van der Waals surface area contributed by atoms with Crippen molar-refractivity contribution in [1.82, 2.24) is 4.98 Å². The van der Waals surface area contributed by atoms with E-state index in [4.69, 9.17) is 5.11 Å². The van der Waals surface area contributed by atoms with E-state index in [0.29, 0.717) is 12.6 Å². The molecule has 108 valence electrons. The van der Waals surface area contributed by atoms with Crippen LogP contribution in [0.4, 0.5) is 0 Å². The number of unbranched alkanes of at least 4 members (excludes halogenated alkanes) is 2. The van der Waals surface area contributed by atoms with Gasteiger partial charge in [-0.25, -0.2) is 4.98 Å². The minimum absolute atomic E-state index is 0.296. The van der Waals surface area contributed by atoms with E-state index in [-0.39, 0.29) is 0 Å². The zero-order valence-electron chi connectivity index (χ0n) is 12.0. The van der Waals surface area contributed by atoms with Gasteiger partial charge in [-0.05, 0) is 25.3 Å². The van der Waals surface area contributed by atoms with Crippen molar-refractivity contribution in [2.24, 2.45) is 0 Å². The van der Waals surface area contributed by atoms with Crippen molar-refractivity contribution in [3.8, 4) is 10.4 Å².